The third kappa shape index (κ3) is 4.56. The molecule has 0 N–H and O–H groups in total. The lowest BCUT2D eigenvalue weighted by Gasteiger charge is -2.36. The van der Waals surface area contributed by atoms with Crippen LogP contribution in [0.1, 0.15) is 45.4 Å². The van der Waals surface area contributed by atoms with Crippen LogP contribution < -0.4 is 0 Å². The normalized spacial score (nSPS) is 23.1. The van der Waals surface area contributed by atoms with Crippen molar-refractivity contribution in [2.24, 2.45) is 5.92 Å². The molecule has 0 amide bonds. The van der Waals surface area contributed by atoms with Gasteiger partial charge in [0.2, 0.25) is 0 Å². The van der Waals surface area contributed by atoms with Gasteiger partial charge in [0.25, 0.3) is 0 Å². The highest BCUT2D eigenvalue weighted by Gasteiger charge is 2.23. The van der Waals surface area contributed by atoms with E-state index < -0.39 is 0 Å². The molecule has 2 aliphatic heterocycles. The van der Waals surface area contributed by atoms with E-state index in [1.165, 1.54) is 71.2 Å². The highest BCUT2D eigenvalue weighted by Crippen LogP contribution is 2.23. The van der Waals surface area contributed by atoms with Crippen molar-refractivity contribution in [1.82, 2.24) is 19.6 Å². The van der Waals surface area contributed by atoms with Gasteiger partial charge in [-0.2, -0.15) is 5.10 Å². The molecule has 2 aliphatic rings. The Kier molecular flexibility index (Phi) is 5.90. The maximum absolute atomic E-state index is 4.30. The van der Waals surface area contributed by atoms with Gasteiger partial charge in [0.1, 0.15) is 0 Å². The van der Waals surface area contributed by atoms with Crippen LogP contribution in [0.2, 0.25) is 0 Å². The van der Waals surface area contributed by atoms with Crippen LogP contribution in [0.5, 0.6) is 0 Å². The molecule has 2 fully saturated rings. The maximum Gasteiger partial charge on any atom is 0.0489 e. The summed E-state index contributed by atoms with van der Waals surface area (Å²) < 4.78 is 2.05. The van der Waals surface area contributed by atoms with Crippen LogP contribution in [0.4, 0.5) is 0 Å². The molecular weight excluding hydrogens is 272 g/mol. The lowest BCUT2D eigenvalue weighted by atomic mass is 9.92. The summed E-state index contributed by atoms with van der Waals surface area (Å²) in [6, 6.07) is 2.69. The summed E-state index contributed by atoms with van der Waals surface area (Å²) in [6.07, 6.45) is 12.2. The molecule has 3 heterocycles. The second-order valence-electron chi connectivity index (χ2n) is 7.22. The number of rotatable bonds is 7. The van der Waals surface area contributed by atoms with Crippen molar-refractivity contribution in [1.29, 1.82) is 0 Å². The fourth-order valence-electron chi connectivity index (χ4n) is 3.99. The fraction of sp³-hybridized carbons (Fsp3) is 0.833. The molecule has 1 atom stereocenters. The lowest BCUT2D eigenvalue weighted by Crippen LogP contribution is -2.41. The zero-order chi connectivity index (χ0) is 15.2. The van der Waals surface area contributed by atoms with Gasteiger partial charge in [-0.1, -0.05) is 0 Å². The van der Waals surface area contributed by atoms with Gasteiger partial charge in [0.05, 0.1) is 0 Å². The van der Waals surface area contributed by atoms with Gasteiger partial charge < -0.3 is 9.80 Å². The van der Waals surface area contributed by atoms with Crippen LogP contribution in [0, 0.1) is 5.92 Å². The van der Waals surface area contributed by atoms with Crippen LogP contribution in [0.3, 0.4) is 0 Å². The molecule has 0 radical (unpaired) electrons. The SMILES string of the molecule is CC(CCn1cccn1)N1CCC(CCN2CCCC2)CC1. The molecule has 4 nitrogen and oxygen atoms in total. The minimum absolute atomic E-state index is 0.684. The topological polar surface area (TPSA) is 24.3 Å². The van der Waals surface area contributed by atoms with Crippen molar-refractivity contribution in [2.45, 2.75) is 58.0 Å². The van der Waals surface area contributed by atoms with Gasteiger partial charge >= 0.3 is 0 Å². The smallest absolute Gasteiger partial charge is 0.0489 e. The summed E-state index contributed by atoms with van der Waals surface area (Å²) in [7, 11) is 0. The Hall–Kier alpha value is -0.870. The van der Waals surface area contributed by atoms with Crippen LogP contribution >= 0.6 is 0 Å². The molecule has 22 heavy (non-hydrogen) atoms. The van der Waals surface area contributed by atoms with Crippen molar-refractivity contribution >= 4 is 0 Å². The lowest BCUT2D eigenvalue weighted by molar-refractivity contribution is 0.123. The standard InChI is InChI=1S/C18H32N4/c1-17(5-16-22-12-4-9-19-22)21-14-7-18(8-15-21)6-13-20-10-2-3-11-20/h4,9,12,17-18H,2-3,5-8,10-11,13-16H2,1H3. The first-order chi connectivity index (χ1) is 10.8. The van der Waals surface area contributed by atoms with Gasteiger partial charge in [0, 0.05) is 25.0 Å². The average Bonchev–Trinajstić information content (AvgIpc) is 3.24. The molecule has 0 saturated carbocycles. The van der Waals surface area contributed by atoms with Gasteiger partial charge in [-0.05, 0) is 90.2 Å². The maximum atomic E-state index is 4.30. The van der Waals surface area contributed by atoms with Gasteiger partial charge in [-0.15, -0.1) is 0 Å². The first kappa shape index (κ1) is 16.0. The zero-order valence-electron chi connectivity index (χ0n) is 14.2. The quantitative estimate of drug-likeness (QED) is 0.774. The summed E-state index contributed by atoms with van der Waals surface area (Å²) >= 11 is 0. The van der Waals surface area contributed by atoms with E-state index in [-0.39, 0.29) is 0 Å². The van der Waals surface area contributed by atoms with Crippen LogP contribution in [0.25, 0.3) is 0 Å². The second kappa shape index (κ2) is 8.11. The first-order valence-electron chi connectivity index (χ1n) is 9.25. The van der Waals surface area contributed by atoms with Crippen LogP contribution in [-0.4, -0.2) is 58.3 Å². The minimum Gasteiger partial charge on any atom is -0.303 e. The van der Waals surface area contributed by atoms with Crippen LogP contribution in [0.15, 0.2) is 18.5 Å². The predicted molar refractivity (Wildman–Crippen MR) is 90.9 cm³/mol. The van der Waals surface area contributed by atoms with Crippen LogP contribution in [-0.2, 0) is 6.54 Å². The molecule has 4 heteroatoms. The van der Waals surface area contributed by atoms with E-state index >= 15 is 0 Å². The Balaban J connectivity index is 1.32. The molecule has 0 bridgehead atoms. The molecule has 124 valence electrons. The number of aromatic nitrogens is 2. The summed E-state index contributed by atoms with van der Waals surface area (Å²) in [5, 5.41) is 4.30. The number of nitrogens with zero attached hydrogens (tertiary/aromatic N) is 4. The zero-order valence-corrected chi connectivity index (χ0v) is 14.2. The summed E-state index contributed by atoms with van der Waals surface area (Å²) in [5.74, 6) is 0.968. The highest BCUT2D eigenvalue weighted by molar-refractivity contribution is 4.80. The molecule has 0 aliphatic carbocycles. The van der Waals surface area contributed by atoms with E-state index in [1.54, 1.807) is 0 Å². The number of aryl methyl sites for hydroxylation is 1. The number of hydrogen-bond donors (Lipinski definition) is 0. The second-order valence-corrected chi connectivity index (χ2v) is 7.22. The Morgan fingerprint density at radius 2 is 1.86 bits per heavy atom. The number of piperidine rings is 1. The van der Waals surface area contributed by atoms with E-state index in [2.05, 4.69) is 32.7 Å². The van der Waals surface area contributed by atoms with E-state index in [4.69, 9.17) is 0 Å². The van der Waals surface area contributed by atoms with E-state index in [9.17, 15) is 0 Å². The Morgan fingerprint density at radius 1 is 1.09 bits per heavy atom. The fourth-order valence-corrected chi connectivity index (χ4v) is 3.99. The van der Waals surface area contributed by atoms with E-state index in [0.717, 1.165) is 12.5 Å². The first-order valence-corrected chi connectivity index (χ1v) is 9.25. The Labute approximate surface area is 135 Å². The molecule has 0 aromatic carbocycles. The Bertz CT molecular complexity index is 403. The number of hydrogen-bond acceptors (Lipinski definition) is 3. The Morgan fingerprint density at radius 3 is 2.55 bits per heavy atom. The minimum atomic E-state index is 0.684. The van der Waals surface area contributed by atoms with Crippen molar-refractivity contribution in [2.75, 3.05) is 32.7 Å². The molecule has 1 unspecified atom stereocenters. The molecule has 1 aromatic rings. The van der Waals surface area contributed by atoms with Crippen molar-refractivity contribution in [3.05, 3.63) is 18.5 Å². The van der Waals surface area contributed by atoms with Crippen molar-refractivity contribution < 1.29 is 0 Å². The highest BCUT2D eigenvalue weighted by atomic mass is 15.3. The third-order valence-electron chi connectivity index (χ3n) is 5.66. The van der Waals surface area contributed by atoms with Gasteiger partial charge in [0.15, 0.2) is 0 Å². The average molecular weight is 304 g/mol. The molecule has 0 spiro atoms. The van der Waals surface area contributed by atoms with Gasteiger partial charge in [-0.25, -0.2) is 0 Å². The van der Waals surface area contributed by atoms with E-state index in [1.807, 2.05) is 12.3 Å². The summed E-state index contributed by atoms with van der Waals surface area (Å²) in [4.78, 5) is 5.36. The third-order valence-corrected chi connectivity index (χ3v) is 5.66. The summed E-state index contributed by atoms with van der Waals surface area (Å²) in [6.45, 7) is 10.1. The summed E-state index contributed by atoms with van der Waals surface area (Å²) in [5.41, 5.74) is 0. The largest absolute Gasteiger partial charge is 0.303 e. The molecule has 3 rings (SSSR count). The predicted octanol–water partition coefficient (Wildman–Crippen LogP) is 2.86. The molecule has 1 aromatic heterocycles. The van der Waals surface area contributed by atoms with E-state index in [0.29, 0.717) is 6.04 Å². The van der Waals surface area contributed by atoms with Crippen molar-refractivity contribution in [3.8, 4) is 0 Å². The molecular formula is C18H32N4. The van der Waals surface area contributed by atoms with Crippen molar-refractivity contribution in [3.63, 3.8) is 0 Å². The monoisotopic (exact) mass is 304 g/mol. The van der Waals surface area contributed by atoms with Gasteiger partial charge in [-0.3, -0.25) is 4.68 Å². The molecule has 2 saturated heterocycles. The number of likely N-dealkylation sites (tertiary alicyclic amines) is 2.